The zero-order valence-electron chi connectivity index (χ0n) is 11.0. The molecule has 0 radical (unpaired) electrons. The Morgan fingerprint density at radius 1 is 1.00 bits per heavy atom. The molecule has 0 aliphatic carbocycles. The van der Waals surface area contributed by atoms with Crippen molar-refractivity contribution in [1.29, 1.82) is 0 Å². The third kappa shape index (κ3) is 4.67. The second-order valence-electron chi connectivity index (χ2n) is 5.06. The van der Waals surface area contributed by atoms with Crippen LogP contribution in [0.1, 0.15) is 31.9 Å². The van der Waals surface area contributed by atoms with E-state index in [4.69, 9.17) is 9.47 Å². The van der Waals surface area contributed by atoms with Crippen LogP contribution in [-0.4, -0.2) is 18.8 Å². The predicted octanol–water partition coefficient (Wildman–Crippen LogP) is 3.50. The highest BCUT2D eigenvalue weighted by molar-refractivity contribution is 5.33. The summed E-state index contributed by atoms with van der Waals surface area (Å²) >= 11 is 0. The maximum atomic E-state index is 5.61. The van der Waals surface area contributed by atoms with E-state index in [2.05, 4.69) is 26.0 Å². The lowest BCUT2D eigenvalue weighted by molar-refractivity contribution is -0.0163. The van der Waals surface area contributed by atoms with Crippen molar-refractivity contribution in [3.8, 4) is 5.75 Å². The number of ether oxygens (including phenoxy) is 2. The van der Waals surface area contributed by atoms with E-state index >= 15 is 0 Å². The molecule has 0 saturated carbocycles. The Balaban J connectivity index is 2.35. The van der Waals surface area contributed by atoms with Crippen LogP contribution in [-0.2, 0) is 4.74 Å². The smallest absolute Gasteiger partial charge is 0.119 e. The van der Waals surface area contributed by atoms with E-state index in [9.17, 15) is 0 Å². The van der Waals surface area contributed by atoms with Crippen LogP contribution < -0.4 is 4.74 Å². The van der Waals surface area contributed by atoms with Gasteiger partial charge in [-0.05, 0) is 57.9 Å². The molecular weight excluding hydrogens is 200 g/mol. The van der Waals surface area contributed by atoms with E-state index in [0.29, 0.717) is 13.2 Å². The third-order valence-corrected chi connectivity index (χ3v) is 2.37. The van der Waals surface area contributed by atoms with Crippen LogP contribution >= 0.6 is 0 Å². The Kier molecular flexibility index (Phi) is 4.36. The van der Waals surface area contributed by atoms with Gasteiger partial charge in [-0.3, -0.25) is 0 Å². The molecule has 1 rings (SSSR count). The summed E-state index contributed by atoms with van der Waals surface area (Å²) in [5.41, 5.74) is 2.46. The van der Waals surface area contributed by atoms with E-state index in [0.717, 1.165) is 5.75 Å². The fourth-order valence-corrected chi connectivity index (χ4v) is 1.31. The standard InChI is InChI=1S/C14H22O2/c1-11-6-7-13(10-12(11)2)15-8-9-16-14(3,4)5/h6-7,10H,8-9H2,1-5H3. The molecule has 0 saturated heterocycles. The summed E-state index contributed by atoms with van der Waals surface area (Å²) < 4.78 is 11.2. The van der Waals surface area contributed by atoms with Crippen LogP contribution in [0.15, 0.2) is 18.2 Å². The number of aryl methyl sites for hydroxylation is 2. The van der Waals surface area contributed by atoms with Crippen molar-refractivity contribution in [2.24, 2.45) is 0 Å². The maximum absolute atomic E-state index is 5.61. The fourth-order valence-electron chi connectivity index (χ4n) is 1.31. The molecule has 2 nitrogen and oxygen atoms in total. The third-order valence-electron chi connectivity index (χ3n) is 2.37. The minimum absolute atomic E-state index is 0.0907. The number of hydrogen-bond acceptors (Lipinski definition) is 2. The van der Waals surface area contributed by atoms with Gasteiger partial charge in [0.05, 0.1) is 12.2 Å². The van der Waals surface area contributed by atoms with Gasteiger partial charge in [0.2, 0.25) is 0 Å². The molecule has 0 atom stereocenters. The van der Waals surface area contributed by atoms with Crippen molar-refractivity contribution in [3.63, 3.8) is 0 Å². The summed E-state index contributed by atoms with van der Waals surface area (Å²) in [5, 5.41) is 0. The summed E-state index contributed by atoms with van der Waals surface area (Å²) in [5.74, 6) is 0.917. The van der Waals surface area contributed by atoms with Gasteiger partial charge in [-0.2, -0.15) is 0 Å². The predicted molar refractivity (Wildman–Crippen MR) is 67.1 cm³/mol. The first-order chi connectivity index (χ1) is 7.38. The summed E-state index contributed by atoms with van der Waals surface area (Å²) in [6, 6.07) is 6.14. The average molecular weight is 222 g/mol. The van der Waals surface area contributed by atoms with Crippen LogP contribution in [0, 0.1) is 13.8 Å². The number of benzene rings is 1. The summed E-state index contributed by atoms with van der Waals surface area (Å²) in [6.07, 6.45) is 0. The van der Waals surface area contributed by atoms with E-state index in [1.54, 1.807) is 0 Å². The van der Waals surface area contributed by atoms with Gasteiger partial charge in [0.25, 0.3) is 0 Å². The van der Waals surface area contributed by atoms with Gasteiger partial charge in [-0.1, -0.05) is 6.07 Å². The van der Waals surface area contributed by atoms with E-state index in [-0.39, 0.29) is 5.60 Å². The zero-order chi connectivity index (χ0) is 12.2. The highest BCUT2D eigenvalue weighted by Gasteiger charge is 2.09. The highest BCUT2D eigenvalue weighted by Crippen LogP contribution is 2.16. The van der Waals surface area contributed by atoms with Crippen LogP contribution in [0.25, 0.3) is 0 Å². The Morgan fingerprint density at radius 3 is 2.25 bits per heavy atom. The van der Waals surface area contributed by atoms with Crippen molar-refractivity contribution in [2.75, 3.05) is 13.2 Å². The quantitative estimate of drug-likeness (QED) is 0.726. The monoisotopic (exact) mass is 222 g/mol. The van der Waals surface area contributed by atoms with Crippen LogP contribution in [0.5, 0.6) is 5.75 Å². The van der Waals surface area contributed by atoms with Gasteiger partial charge in [0.15, 0.2) is 0 Å². The molecule has 0 aliphatic heterocycles. The molecular formula is C14H22O2. The second-order valence-corrected chi connectivity index (χ2v) is 5.06. The molecule has 1 aromatic rings. The molecule has 0 aliphatic rings. The molecule has 0 amide bonds. The first-order valence-electron chi connectivity index (χ1n) is 5.72. The van der Waals surface area contributed by atoms with Crippen molar-refractivity contribution in [2.45, 2.75) is 40.2 Å². The first-order valence-corrected chi connectivity index (χ1v) is 5.72. The van der Waals surface area contributed by atoms with Gasteiger partial charge >= 0.3 is 0 Å². The van der Waals surface area contributed by atoms with Crippen molar-refractivity contribution in [1.82, 2.24) is 0 Å². The van der Waals surface area contributed by atoms with E-state index in [1.165, 1.54) is 11.1 Å². The van der Waals surface area contributed by atoms with Gasteiger partial charge in [-0.25, -0.2) is 0 Å². The molecule has 0 bridgehead atoms. The number of hydrogen-bond donors (Lipinski definition) is 0. The molecule has 0 aromatic heterocycles. The van der Waals surface area contributed by atoms with Gasteiger partial charge in [0.1, 0.15) is 12.4 Å². The summed E-state index contributed by atoms with van der Waals surface area (Å²) in [7, 11) is 0. The van der Waals surface area contributed by atoms with Crippen LogP contribution in [0.4, 0.5) is 0 Å². The van der Waals surface area contributed by atoms with Gasteiger partial charge in [0, 0.05) is 0 Å². The largest absolute Gasteiger partial charge is 0.491 e. The first kappa shape index (κ1) is 13.0. The Morgan fingerprint density at radius 2 is 1.69 bits per heavy atom. The van der Waals surface area contributed by atoms with Crippen molar-refractivity contribution in [3.05, 3.63) is 29.3 Å². The lowest BCUT2D eigenvalue weighted by Crippen LogP contribution is -2.22. The SMILES string of the molecule is Cc1ccc(OCCOC(C)(C)C)cc1C. The minimum Gasteiger partial charge on any atom is -0.491 e. The lowest BCUT2D eigenvalue weighted by Gasteiger charge is -2.19. The molecule has 0 N–H and O–H groups in total. The maximum Gasteiger partial charge on any atom is 0.119 e. The molecule has 1 aromatic carbocycles. The highest BCUT2D eigenvalue weighted by atomic mass is 16.5. The number of rotatable bonds is 4. The average Bonchev–Trinajstić information content (AvgIpc) is 2.17. The van der Waals surface area contributed by atoms with Crippen LogP contribution in [0.2, 0.25) is 0 Å². The van der Waals surface area contributed by atoms with Gasteiger partial charge < -0.3 is 9.47 Å². The lowest BCUT2D eigenvalue weighted by atomic mass is 10.1. The van der Waals surface area contributed by atoms with Crippen molar-refractivity contribution < 1.29 is 9.47 Å². The topological polar surface area (TPSA) is 18.5 Å². The van der Waals surface area contributed by atoms with E-state index in [1.807, 2.05) is 26.8 Å². The van der Waals surface area contributed by atoms with Gasteiger partial charge in [-0.15, -0.1) is 0 Å². The Labute approximate surface area is 98.6 Å². The molecule has 2 heteroatoms. The molecule has 0 fully saturated rings. The Hall–Kier alpha value is -1.02. The summed E-state index contributed by atoms with van der Waals surface area (Å²) in [6.45, 7) is 11.5. The molecule has 0 heterocycles. The molecule has 0 spiro atoms. The summed E-state index contributed by atoms with van der Waals surface area (Å²) in [4.78, 5) is 0. The molecule has 16 heavy (non-hydrogen) atoms. The fraction of sp³-hybridized carbons (Fsp3) is 0.571. The Bertz CT molecular complexity index is 337. The molecule has 0 unspecified atom stereocenters. The second kappa shape index (κ2) is 5.35. The normalized spacial score (nSPS) is 11.6. The van der Waals surface area contributed by atoms with Crippen molar-refractivity contribution >= 4 is 0 Å². The van der Waals surface area contributed by atoms with Crippen LogP contribution in [0.3, 0.4) is 0 Å². The van der Waals surface area contributed by atoms with E-state index < -0.39 is 0 Å². The molecule has 90 valence electrons. The zero-order valence-corrected chi connectivity index (χ0v) is 11.0. The minimum atomic E-state index is -0.0907.